The number of pyridine rings is 1. The number of carboxylic acid groups (broad SMARTS) is 1. The first-order valence-corrected chi connectivity index (χ1v) is 17.0. The maximum Gasteiger partial charge on any atom is 0.417 e. The number of hydrogen-bond donors (Lipinski definition) is 3. The number of halogens is 5. The minimum Gasteiger partial charge on any atom is -0.481 e. The molecule has 3 N–H and O–H groups in total. The van der Waals surface area contributed by atoms with Gasteiger partial charge in [0.1, 0.15) is 23.5 Å². The molecule has 17 heteroatoms. The summed E-state index contributed by atoms with van der Waals surface area (Å²) >= 11 is 12.4. The van der Waals surface area contributed by atoms with Crippen LogP contribution in [0.15, 0.2) is 64.7 Å². The van der Waals surface area contributed by atoms with Crippen molar-refractivity contribution in [1.82, 2.24) is 14.9 Å². The van der Waals surface area contributed by atoms with Crippen LogP contribution in [0.1, 0.15) is 54.2 Å². The summed E-state index contributed by atoms with van der Waals surface area (Å²) in [5.41, 5.74) is 0.501. The Kier molecular flexibility index (Phi) is 8.94. The highest BCUT2D eigenvalue weighted by Crippen LogP contribution is 2.64. The molecular weight excluding hydrogens is 732 g/mol. The van der Waals surface area contributed by atoms with Crippen molar-refractivity contribution in [2.75, 3.05) is 12.0 Å². The van der Waals surface area contributed by atoms with Crippen molar-refractivity contribution < 1.29 is 51.8 Å². The number of furan rings is 1. The second kappa shape index (κ2) is 13.0. The van der Waals surface area contributed by atoms with Crippen LogP contribution in [0.25, 0.3) is 0 Å². The topological polar surface area (TPSA) is 170 Å². The average molecular weight is 762 g/mol. The number of aromatic nitrogens is 1. The highest BCUT2D eigenvalue weighted by Gasteiger charge is 2.71. The number of amides is 4. The molecule has 1 aromatic carbocycles. The Bertz CT molecular complexity index is 2040. The quantitative estimate of drug-likeness (QED) is 0.191. The predicted octanol–water partition coefficient (Wildman–Crippen LogP) is 5.34. The van der Waals surface area contributed by atoms with E-state index in [2.05, 4.69) is 10.4 Å². The van der Waals surface area contributed by atoms with Gasteiger partial charge in [-0.25, -0.2) is 4.98 Å². The van der Waals surface area contributed by atoms with E-state index in [4.69, 9.17) is 32.7 Å². The summed E-state index contributed by atoms with van der Waals surface area (Å²) in [5, 5.41) is 19.5. The van der Waals surface area contributed by atoms with Crippen molar-refractivity contribution >= 4 is 58.6 Å². The zero-order valence-corrected chi connectivity index (χ0v) is 28.4. The Morgan fingerprint density at radius 2 is 1.77 bits per heavy atom. The fraction of sp³-hybridized carbons (Fsp3) is 0.371. The van der Waals surface area contributed by atoms with Gasteiger partial charge in [-0.05, 0) is 61.1 Å². The number of carbonyl (C=O) groups excluding carboxylic acids is 4. The van der Waals surface area contributed by atoms with E-state index >= 15 is 4.79 Å². The van der Waals surface area contributed by atoms with Crippen LogP contribution in [-0.4, -0.2) is 61.2 Å². The zero-order valence-electron chi connectivity index (χ0n) is 26.9. The fourth-order valence-corrected chi connectivity index (χ4v) is 8.73. The van der Waals surface area contributed by atoms with Gasteiger partial charge in [0, 0.05) is 24.2 Å². The number of aliphatic hydroxyl groups excluding tert-OH is 1. The second-order valence-corrected chi connectivity index (χ2v) is 14.0. The number of carbonyl (C=O) groups is 5. The van der Waals surface area contributed by atoms with Gasteiger partial charge in [0.25, 0.3) is 11.8 Å². The van der Waals surface area contributed by atoms with Gasteiger partial charge in [0.05, 0.1) is 34.3 Å². The van der Waals surface area contributed by atoms with E-state index < -0.39 is 93.8 Å². The highest BCUT2D eigenvalue weighted by atomic mass is 35.5. The second-order valence-electron chi connectivity index (χ2n) is 13.2. The number of nitrogens with zero attached hydrogens (tertiary/aromatic N) is 3. The Morgan fingerprint density at radius 1 is 1.04 bits per heavy atom. The van der Waals surface area contributed by atoms with E-state index in [0.717, 1.165) is 4.90 Å². The Morgan fingerprint density at radius 3 is 2.40 bits per heavy atom. The summed E-state index contributed by atoms with van der Waals surface area (Å²) in [6.45, 7) is -0.594. The molecule has 2 aliphatic heterocycles. The van der Waals surface area contributed by atoms with Crippen molar-refractivity contribution in [3.8, 4) is 0 Å². The lowest BCUT2D eigenvalue weighted by atomic mass is 9.50. The Balaban J connectivity index is 1.37. The number of rotatable bonds is 9. The Labute approximate surface area is 303 Å². The van der Waals surface area contributed by atoms with Gasteiger partial charge in [-0.1, -0.05) is 47.0 Å². The maximum absolute atomic E-state index is 15.1. The third kappa shape index (κ3) is 5.56. The van der Waals surface area contributed by atoms with E-state index in [-0.39, 0.29) is 43.7 Å². The summed E-state index contributed by atoms with van der Waals surface area (Å²) in [7, 11) is 0. The lowest BCUT2D eigenvalue weighted by molar-refractivity contribution is -0.142. The van der Waals surface area contributed by atoms with Gasteiger partial charge < -0.3 is 14.6 Å². The van der Waals surface area contributed by atoms with Crippen LogP contribution in [0.5, 0.6) is 0 Å². The molecule has 2 aliphatic carbocycles. The van der Waals surface area contributed by atoms with Gasteiger partial charge in [-0.3, -0.25) is 34.3 Å². The molecule has 0 spiro atoms. The number of allylic oxidation sites excluding steroid dienone is 2. The van der Waals surface area contributed by atoms with Gasteiger partial charge in [0.15, 0.2) is 5.82 Å². The molecule has 0 radical (unpaired) electrons. The van der Waals surface area contributed by atoms with E-state index in [1.165, 1.54) is 18.2 Å². The largest absolute Gasteiger partial charge is 0.481 e. The molecule has 6 atom stereocenters. The lowest BCUT2D eigenvalue weighted by Gasteiger charge is -2.49. The molecule has 52 heavy (non-hydrogen) atoms. The van der Waals surface area contributed by atoms with E-state index in [1.54, 1.807) is 24.3 Å². The normalized spacial score (nSPS) is 27.0. The van der Waals surface area contributed by atoms with Crippen LogP contribution < -0.4 is 5.43 Å². The van der Waals surface area contributed by atoms with Crippen molar-refractivity contribution in [3.05, 3.63) is 93.0 Å². The molecule has 2 aromatic heterocycles. The molecule has 4 aliphatic rings. The number of anilines is 1. The number of imide groups is 2. The average Bonchev–Trinajstić information content (AvgIpc) is 3.73. The molecule has 1 saturated carbocycles. The van der Waals surface area contributed by atoms with Crippen LogP contribution in [0.4, 0.5) is 19.0 Å². The first-order valence-electron chi connectivity index (χ1n) is 16.3. The van der Waals surface area contributed by atoms with E-state index in [0.29, 0.717) is 33.4 Å². The van der Waals surface area contributed by atoms with Gasteiger partial charge >= 0.3 is 12.1 Å². The van der Waals surface area contributed by atoms with Crippen LogP contribution in [0.2, 0.25) is 10.0 Å². The van der Waals surface area contributed by atoms with Gasteiger partial charge in [-0.2, -0.15) is 18.2 Å². The number of aliphatic hydroxyl groups is 1. The lowest BCUT2D eigenvalue weighted by Crippen LogP contribution is -2.53. The standard InChI is InChI=1S/C35H29Cl2F3N4O8/c36-18-5-3-16(4-6-18)34-23(31(49)44(33(34)51)42-29-24(37)12-17(14-41-29)35(38,39)40)13-22-20(28(34)25-10-7-19(15-45)52-25)8-9-21-27(22)32(50)43(30(21)48)11-1-2-26(46)47/h3-8,10,12,14,21-23,27-28,45H,1-2,9,11,13,15H2,(H,41,42)(H,46,47)/t21-,22+,23-,27-,28+,34+/m0/s1. The van der Waals surface area contributed by atoms with Crippen molar-refractivity contribution in [1.29, 1.82) is 0 Å². The molecular formula is C35H29Cl2F3N4O8. The zero-order chi connectivity index (χ0) is 37.3. The fourth-order valence-electron chi connectivity index (χ4n) is 8.40. The minimum atomic E-state index is -4.77. The number of alkyl halides is 3. The smallest absolute Gasteiger partial charge is 0.417 e. The molecule has 12 nitrogen and oxygen atoms in total. The monoisotopic (exact) mass is 760 g/mol. The number of nitrogens with one attached hydrogen (secondary N) is 1. The number of fused-ring (bicyclic) bond motifs is 4. The first-order chi connectivity index (χ1) is 24.7. The summed E-state index contributed by atoms with van der Waals surface area (Å²) in [5.74, 6) is -8.55. The van der Waals surface area contributed by atoms with Crippen LogP contribution in [0.3, 0.4) is 0 Å². The van der Waals surface area contributed by atoms with E-state index in [9.17, 15) is 37.5 Å². The molecule has 3 aromatic rings. The number of hydrogen-bond acceptors (Lipinski definition) is 9. The van der Waals surface area contributed by atoms with Crippen molar-refractivity contribution in [3.63, 3.8) is 0 Å². The molecule has 272 valence electrons. The van der Waals surface area contributed by atoms with Gasteiger partial charge in [0.2, 0.25) is 11.8 Å². The Hall–Kier alpha value is -4.73. The van der Waals surface area contributed by atoms with Crippen molar-refractivity contribution in [2.45, 2.75) is 49.8 Å². The number of benzene rings is 1. The number of likely N-dealkylation sites (tertiary alicyclic amines) is 1. The van der Waals surface area contributed by atoms with Gasteiger partial charge in [-0.15, -0.1) is 0 Å². The molecule has 4 heterocycles. The molecule has 4 amide bonds. The van der Waals surface area contributed by atoms with Crippen LogP contribution >= 0.6 is 23.2 Å². The maximum atomic E-state index is 15.1. The first kappa shape index (κ1) is 35.7. The number of carboxylic acids is 1. The molecule has 2 saturated heterocycles. The SMILES string of the molecule is O=C(O)CCCN1C(=O)[C@H]2[C@H](CC=C3[C@H]2C[C@H]2C(=O)N(Nc4ncc(C(F)(F)F)cc4Cl)C(=O)[C@@]2(c2ccc(Cl)cc2)[C@H]3c2ccc(CO)o2)C1=O. The summed E-state index contributed by atoms with van der Waals surface area (Å²) in [6.07, 6.45) is -2.68. The minimum absolute atomic E-state index is 0.0482. The van der Waals surface area contributed by atoms with Crippen LogP contribution in [-0.2, 0) is 42.2 Å². The molecule has 3 fully saturated rings. The third-order valence-electron chi connectivity index (χ3n) is 10.5. The van der Waals surface area contributed by atoms with Crippen LogP contribution in [0, 0.1) is 23.7 Å². The molecule has 0 bridgehead atoms. The third-order valence-corrected chi connectivity index (χ3v) is 11.1. The highest BCUT2D eigenvalue weighted by molar-refractivity contribution is 6.33. The molecule has 0 unspecified atom stereocenters. The predicted molar refractivity (Wildman–Crippen MR) is 175 cm³/mol. The number of aliphatic carboxylic acids is 1. The number of hydrazine groups is 1. The summed E-state index contributed by atoms with van der Waals surface area (Å²) in [6, 6.07) is 9.91. The summed E-state index contributed by atoms with van der Waals surface area (Å²) in [4.78, 5) is 73.3. The molecule has 7 rings (SSSR count). The van der Waals surface area contributed by atoms with Crippen molar-refractivity contribution in [2.24, 2.45) is 23.7 Å². The summed E-state index contributed by atoms with van der Waals surface area (Å²) < 4.78 is 46.2. The van der Waals surface area contributed by atoms with E-state index in [1.807, 2.05) is 0 Å².